The molecule has 20 heavy (non-hydrogen) atoms. The smallest absolute Gasteiger partial charge is 0.331 e. The molecule has 2 aromatic rings. The average Bonchev–Trinajstić information content (AvgIpc) is 3.07. The van der Waals surface area contributed by atoms with E-state index in [-0.39, 0.29) is 5.92 Å². The van der Waals surface area contributed by atoms with Crippen LogP contribution >= 0.6 is 11.3 Å². The van der Waals surface area contributed by atoms with Crippen LogP contribution in [0.5, 0.6) is 0 Å². The maximum absolute atomic E-state index is 11.4. The molecule has 0 radical (unpaired) electrons. The van der Waals surface area contributed by atoms with E-state index in [0.717, 1.165) is 19.3 Å². The molecule has 0 spiro atoms. The number of carbonyl (C=O) groups is 1. The van der Waals surface area contributed by atoms with Crippen molar-refractivity contribution in [2.24, 2.45) is 0 Å². The average molecular weight is 292 g/mol. The van der Waals surface area contributed by atoms with Gasteiger partial charge in [-0.3, -0.25) is 0 Å². The number of thiophene rings is 1. The number of carboxylic acid groups (broad SMARTS) is 1. The van der Waals surface area contributed by atoms with Crippen LogP contribution in [0.1, 0.15) is 48.9 Å². The Bertz CT molecular complexity index is 646. The molecule has 1 N–H and O–H groups in total. The van der Waals surface area contributed by atoms with Crippen LogP contribution in [-0.2, 0) is 16.8 Å². The highest BCUT2D eigenvalue weighted by atomic mass is 32.1. The Hall–Kier alpha value is -1.76. The molecule has 0 aliphatic heterocycles. The fraction of sp³-hybridized carbons (Fsp3) is 0.538. The molecule has 1 aliphatic carbocycles. The van der Waals surface area contributed by atoms with Crippen LogP contribution in [0, 0.1) is 0 Å². The normalized spacial score (nSPS) is 18.8. The summed E-state index contributed by atoms with van der Waals surface area (Å²) in [6.45, 7) is 3.24. The molecule has 0 saturated carbocycles. The van der Waals surface area contributed by atoms with Crippen molar-refractivity contribution in [3.8, 4) is 0 Å². The van der Waals surface area contributed by atoms with Crippen LogP contribution in [0.4, 0.5) is 0 Å². The van der Waals surface area contributed by atoms with Gasteiger partial charge in [-0.1, -0.05) is 0 Å². The zero-order chi connectivity index (χ0) is 14.3. The number of fused-ring (bicyclic) bond motifs is 1. The lowest BCUT2D eigenvalue weighted by Crippen LogP contribution is -2.38. The number of aryl methyl sites for hydroxylation is 1. The first-order chi connectivity index (χ1) is 9.51. The molecule has 0 aromatic carbocycles. The van der Waals surface area contributed by atoms with E-state index in [0.29, 0.717) is 5.82 Å². The van der Waals surface area contributed by atoms with Crippen LogP contribution < -0.4 is 0 Å². The van der Waals surface area contributed by atoms with Crippen molar-refractivity contribution in [2.45, 2.75) is 44.6 Å². The van der Waals surface area contributed by atoms with Gasteiger partial charge in [0.1, 0.15) is 0 Å². The van der Waals surface area contributed by atoms with E-state index in [1.807, 2.05) is 0 Å². The molecule has 3 rings (SSSR count). The maximum Gasteiger partial charge on any atom is 0.331 e. The number of nitrogens with zero attached hydrogens (tertiary/aromatic N) is 4. The molecule has 0 saturated heterocycles. The van der Waals surface area contributed by atoms with Crippen molar-refractivity contribution in [1.82, 2.24) is 20.2 Å². The second-order valence-electron chi connectivity index (χ2n) is 5.56. The number of aromatic nitrogens is 4. The topological polar surface area (TPSA) is 80.9 Å². The molecule has 1 unspecified atom stereocenters. The minimum atomic E-state index is -1.15. The molecular weight excluding hydrogens is 276 g/mol. The quantitative estimate of drug-likeness (QED) is 0.936. The van der Waals surface area contributed by atoms with Crippen molar-refractivity contribution in [3.05, 3.63) is 27.7 Å². The van der Waals surface area contributed by atoms with Gasteiger partial charge in [0.05, 0.1) is 0 Å². The first kappa shape index (κ1) is 13.2. The Kier molecular flexibility index (Phi) is 3.08. The van der Waals surface area contributed by atoms with Gasteiger partial charge in [0.25, 0.3) is 0 Å². The van der Waals surface area contributed by atoms with Crippen LogP contribution in [0.2, 0.25) is 0 Å². The van der Waals surface area contributed by atoms with Gasteiger partial charge in [-0.25, -0.2) is 9.48 Å². The Morgan fingerprint density at radius 1 is 1.55 bits per heavy atom. The second-order valence-corrected chi connectivity index (χ2v) is 6.56. The first-order valence-corrected chi connectivity index (χ1v) is 7.48. The summed E-state index contributed by atoms with van der Waals surface area (Å²) in [7, 11) is 0. The van der Waals surface area contributed by atoms with Crippen LogP contribution in [0.3, 0.4) is 0 Å². The second kappa shape index (κ2) is 4.66. The summed E-state index contributed by atoms with van der Waals surface area (Å²) >= 11 is 1.75. The Morgan fingerprint density at radius 3 is 3.10 bits per heavy atom. The van der Waals surface area contributed by atoms with Gasteiger partial charge < -0.3 is 5.11 Å². The third-order valence-corrected chi connectivity index (χ3v) is 4.91. The van der Waals surface area contributed by atoms with Crippen molar-refractivity contribution >= 4 is 17.3 Å². The number of rotatable bonds is 3. The number of aliphatic carboxylic acids is 1. The summed E-state index contributed by atoms with van der Waals surface area (Å²) in [6, 6.07) is 2.11. The summed E-state index contributed by atoms with van der Waals surface area (Å²) in [5.74, 6) is -0.192. The fourth-order valence-electron chi connectivity index (χ4n) is 2.65. The Balaban J connectivity index is 2.06. The summed E-state index contributed by atoms with van der Waals surface area (Å²) in [5, 5.41) is 23.2. The highest BCUT2D eigenvalue weighted by molar-refractivity contribution is 7.10. The van der Waals surface area contributed by atoms with E-state index in [1.54, 1.807) is 25.2 Å². The predicted molar refractivity (Wildman–Crippen MR) is 73.9 cm³/mol. The number of carboxylic acids is 1. The molecule has 1 atom stereocenters. The Labute approximate surface area is 120 Å². The van der Waals surface area contributed by atoms with Crippen molar-refractivity contribution in [1.29, 1.82) is 0 Å². The van der Waals surface area contributed by atoms with Crippen molar-refractivity contribution < 1.29 is 9.90 Å². The first-order valence-electron chi connectivity index (χ1n) is 6.60. The van der Waals surface area contributed by atoms with Crippen LogP contribution in [0.15, 0.2) is 11.4 Å². The maximum atomic E-state index is 11.4. The third-order valence-electron chi connectivity index (χ3n) is 3.91. The SMILES string of the molecule is CC(C)(C(=O)O)n1nnnc1C1CCCc2sccc21. The van der Waals surface area contributed by atoms with Crippen molar-refractivity contribution in [3.63, 3.8) is 0 Å². The fourth-order valence-corrected chi connectivity index (χ4v) is 3.64. The highest BCUT2D eigenvalue weighted by Crippen LogP contribution is 2.39. The lowest BCUT2D eigenvalue weighted by Gasteiger charge is -2.26. The molecule has 6 nitrogen and oxygen atoms in total. The third kappa shape index (κ3) is 1.93. The predicted octanol–water partition coefficient (Wildman–Crippen LogP) is 2.02. The lowest BCUT2D eigenvalue weighted by atomic mass is 9.86. The zero-order valence-corrected chi connectivity index (χ0v) is 12.2. The van der Waals surface area contributed by atoms with E-state index in [9.17, 15) is 9.90 Å². The summed E-state index contributed by atoms with van der Waals surface area (Å²) < 4.78 is 1.45. The molecule has 106 valence electrons. The number of hydrogen-bond donors (Lipinski definition) is 1. The van der Waals surface area contributed by atoms with E-state index >= 15 is 0 Å². The van der Waals surface area contributed by atoms with Gasteiger partial charge in [-0.15, -0.1) is 16.4 Å². The molecule has 0 fully saturated rings. The molecule has 7 heteroatoms. The molecular formula is C13H16N4O2S. The standard InChI is InChI=1S/C13H16N4O2S/c1-13(2,12(18)19)17-11(14-15-16-17)9-4-3-5-10-8(9)6-7-20-10/h6-7,9H,3-5H2,1-2H3,(H,18,19). The molecule has 2 aromatic heterocycles. The number of tetrazole rings is 1. The molecule has 2 heterocycles. The van der Waals surface area contributed by atoms with E-state index in [1.165, 1.54) is 15.1 Å². The van der Waals surface area contributed by atoms with Crippen LogP contribution in [0.25, 0.3) is 0 Å². The van der Waals surface area contributed by atoms with Gasteiger partial charge in [0.15, 0.2) is 11.4 Å². The van der Waals surface area contributed by atoms with E-state index < -0.39 is 11.5 Å². The minimum Gasteiger partial charge on any atom is -0.479 e. The van der Waals surface area contributed by atoms with Gasteiger partial charge in [-0.05, 0) is 60.5 Å². The van der Waals surface area contributed by atoms with Crippen LogP contribution in [-0.4, -0.2) is 31.3 Å². The largest absolute Gasteiger partial charge is 0.479 e. The lowest BCUT2D eigenvalue weighted by molar-refractivity contribution is -0.146. The molecule has 1 aliphatic rings. The number of hydrogen-bond acceptors (Lipinski definition) is 5. The summed E-state index contributed by atoms with van der Waals surface area (Å²) in [5.41, 5.74) is 0.102. The van der Waals surface area contributed by atoms with Gasteiger partial charge in [0, 0.05) is 10.8 Å². The van der Waals surface area contributed by atoms with Gasteiger partial charge in [0.2, 0.25) is 0 Å². The van der Waals surface area contributed by atoms with E-state index in [2.05, 4.69) is 27.0 Å². The van der Waals surface area contributed by atoms with Gasteiger partial charge in [-0.2, -0.15) is 0 Å². The zero-order valence-electron chi connectivity index (χ0n) is 11.4. The summed E-state index contributed by atoms with van der Waals surface area (Å²) in [6.07, 6.45) is 3.13. The highest BCUT2D eigenvalue weighted by Gasteiger charge is 2.37. The van der Waals surface area contributed by atoms with E-state index in [4.69, 9.17) is 0 Å². The minimum absolute atomic E-state index is 0.0959. The monoisotopic (exact) mass is 292 g/mol. The van der Waals surface area contributed by atoms with Crippen molar-refractivity contribution in [2.75, 3.05) is 0 Å². The molecule has 0 amide bonds. The van der Waals surface area contributed by atoms with Gasteiger partial charge >= 0.3 is 5.97 Å². The summed E-state index contributed by atoms with van der Waals surface area (Å²) in [4.78, 5) is 12.8. The molecule has 0 bridgehead atoms. The Morgan fingerprint density at radius 2 is 2.35 bits per heavy atom.